The van der Waals surface area contributed by atoms with Gasteiger partial charge in [-0.05, 0) is 31.0 Å². The fourth-order valence-corrected chi connectivity index (χ4v) is 4.57. The van der Waals surface area contributed by atoms with Gasteiger partial charge < -0.3 is 9.42 Å². The maximum absolute atomic E-state index is 12.6. The third-order valence-corrected chi connectivity index (χ3v) is 6.13. The number of carbonyl (C=O) groups is 1. The molecule has 9 nitrogen and oxygen atoms in total. The van der Waals surface area contributed by atoms with Gasteiger partial charge in [0.05, 0.1) is 11.3 Å². The van der Waals surface area contributed by atoms with E-state index in [2.05, 4.69) is 30.7 Å². The molecule has 0 aromatic carbocycles. The summed E-state index contributed by atoms with van der Waals surface area (Å²) in [6, 6.07) is 5.69. The van der Waals surface area contributed by atoms with Crippen LogP contribution in [-0.2, 0) is 16.3 Å². The minimum Gasteiger partial charge on any atom is -0.355 e. The highest BCUT2D eigenvalue weighted by Gasteiger charge is 2.29. The summed E-state index contributed by atoms with van der Waals surface area (Å²) in [5, 5.41) is 19.7. The largest absolute Gasteiger partial charge is 0.355 e. The number of hydrogen-bond donors (Lipinski definition) is 1. The molecule has 1 fully saturated rings. The molecule has 5 rings (SSSR count). The Morgan fingerprint density at radius 1 is 1.18 bits per heavy atom. The maximum atomic E-state index is 12.6. The second-order valence-corrected chi connectivity index (χ2v) is 7.87. The SMILES string of the molecule is O=C(Nc1onc2c1CSC2)C1CCN(c2ccc(-n3cccn3)nn2)CC1. The van der Waals surface area contributed by atoms with E-state index in [1.807, 2.05) is 24.4 Å². The van der Waals surface area contributed by atoms with Gasteiger partial charge in [-0.25, -0.2) is 4.68 Å². The fourth-order valence-electron chi connectivity index (χ4n) is 3.55. The van der Waals surface area contributed by atoms with Crippen molar-refractivity contribution in [2.45, 2.75) is 24.3 Å². The van der Waals surface area contributed by atoms with Crippen molar-refractivity contribution < 1.29 is 9.32 Å². The van der Waals surface area contributed by atoms with Gasteiger partial charge in [-0.3, -0.25) is 10.1 Å². The smallest absolute Gasteiger partial charge is 0.235 e. The predicted octanol–water partition coefficient (Wildman–Crippen LogP) is 2.25. The zero-order valence-corrected chi connectivity index (χ0v) is 15.9. The summed E-state index contributed by atoms with van der Waals surface area (Å²) in [6.45, 7) is 1.52. The molecule has 28 heavy (non-hydrogen) atoms. The summed E-state index contributed by atoms with van der Waals surface area (Å²) in [5.74, 6) is 3.69. The number of hydrogen-bond acceptors (Lipinski definition) is 8. The third-order valence-electron chi connectivity index (χ3n) is 5.16. The minimum atomic E-state index is -0.0395. The highest BCUT2D eigenvalue weighted by molar-refractivity contribution is 7.98. The first-order chi connectivity index (χ1) is 13.8. The van der Waals surface area contributed by atoms with E-state index in [4.69, 9.17) is 4.52 Å². The van der Waals surface area contributed by atoms with Crippen molar-refractivity contribution in [2.75, 3.05) is 23.3 Å². The maximum Gasteiger partial charge on any atom is 0.235 e. The first kappa shape index (κ1) is 17.2. The molecule has 144 valence electrons. The molecule has 1 saturated heterocycles. The lowest BCUT2D eigenvalue weighted by molar-refractivity contribution is -0.120. The van der Waals surface area contributed by atoms with Gasteiger partial charge in [-0.1, -0.05) is 5.16 Å². The van der Waals surface area contributed by atoms with Gasteiger partial charge >= 0.3 is 0 Å². The van der Waals surface area contributed by atoms with Crippen molar-refractivity contribution in [1.29, 1.82) is 0 Å². The zero-order chi connectivity index (χ0) is 18.9. The number of amides is 1. The van der Waals surface area contributed by atoms with E-state index in [0.717, 1.165) is 54.5 Å². The summed E-state index contributed by atoms with van der Waals surface area (Å²) in [7, 11) is 0. The van der Waals surface area contributed by atoms with Gasteiger partial charge in [0.25, 0.3) is 0 Å². The Bertz CT molecular complexity index is 962. The van der Waals surface area contributed by atoms with Crippen molar-refractivity contribution in [3.63, 3.8) is 0 Å². The van der Waals surface area contributed by atoms with Crippen molar-refractivity contribution in [3.05, 3.63) is 41.9 Å². The molecule has 10 heteroatoms. The molecule has 0 spiro atoms. The van der Waals surface area contributed by atoms with E-state index in [9.17, 15) is 4.79 Å². The lowest BCUT2D eigenvalue weighted by atomic mass is 9.96. The van der Waals surface area contributed by atoms with Crippen LogP contribution < -0.4 is 10.2 Å². The lowest BCUT2D eigenvalue weighted by Gasteiger charge is -2.31. The van der Waals surface area contributed by atoms with E-state index < -0.39 is 0 Å². The molecule has 3 aromatic heterocycles. The number of carbonyl (C=O) groups excluding carboxylic acids is 1. The summed E-state index contributed by atoms with van der Waals surface area (Å²) in [5.41, 5.74) is 1.98. The Kier molecular flexibility index (Phi) is 4.47. The van der Waals surface area contributed by atoms with Crippen molar-refractivity contribution in [2.24, 2.45) is 5.92 Å². The second kappa shape index (κ2) is 7.27. The number of fused-ring (bicyclic) bond motifs is 1. The first-order valence-electron chi connectivity index (χ1n) is 9.22. The highest BCUT2D eigenvalue weighted by Crippen LogP contribution is 2.35. The molecule has 1 N–H and O–H groups in total. The topological polar surface area (TPSA) is 102 Å². The van der Waals surface area contributed by atoms with E-state index in [1.54, 1.807) is 22.6 Å². The Morgan fingerprint density at radius 2 is 2.00 bits per heavy atom. The van der Waals surface area contributed by atoms with Gasteiger partial charge in [0.15, 0.2) is 11.6 Å². The van der Waals surface area contributed by atoms with Crippen LogP contribution in [0.15, 0.2) is 35.1 Å². The summed E-state index contributed by atoms with van der Waals surface area (Å²) in [4.78, 5) is 14.8. The molecular weight excluding hydrogens is 378 g/mol. The first-order valence-corrected chi connectivity index (χ1v) is 10.4. The predicted molar refractivity (Wildman–Crippen MR) is 104 cm³/mol. The van der Waals surface area contributed by atoms with Gasteiger partial charge in [0, 0.05) is 42.9 Å². The molecular formula is C18H19N7O2S. The van der Waals surface area contributed by atoms with Gasteiger partial charge in [-0.15, -0.1) is 10.2 Å². The number of nitrogens with one attached hydrogen (secondary N) is 1. The molecule has 1 amide bonds. The zero-order valence-electron chi connectivity index (χ0n) is 15.1. The average molecular weight is 397 g/mol. The highest BCUT2D eigenvalue weighted by atomic mass is 32.2. The van der Waals surface area contributed by atoms with Crippen LogP contribution in [-0.4, -0.2) is 44.1 Å². The van der Waals surface area contributed by atoms with Crippen molar-refractivity contribution in [3.8, 4) is 5.82 Å². The van der Waals surface area contributed by atoms with Crippen LogP contribution >= 0.6 is 11.8 Å². The number of nitrogens with zero attached hydrogens (tertiary/aromatic N) is 6. The van der Waals surface area contributed by atoms with E-state index >= 15 is 0 Å². The third kappa shape index (κ3) is 3.24. The Morgan fingerprint density at radius 3 is 2.75 bits per heavy atom. The van der Waals surface area contributed by atoms with Gasteiger partial charge in [0.2, 0.25) is 11.8 Å². The normalized spacial score (nSPS) is 16.9. The minimum absolute atomic E-state index is 0.00983. The van der Waals surface area contributed by atoms with E-state index in [1.165, 1.54) is 0 Å². The molecule has 0 aliphatic carbocycles. The Hall–Kier alpha value is -2.88. The molecule has 0 saturated carbocycles. The monoisotopic (exact) mass is 397 g/mol. The lowest BCUT2D eigenvalue weighted by Crippen LogP contribution is -2.38. The van der Waals surface area contributed by atoms with Crippen LogP contribution in [0.4, 0.5) is 11.7 Å². The standard InChI is InChI=1S/C18H19N7O2S/c26-17(20-18-13-10-28-11-14(13)23-27-18)12-4-8-24(9-5-12)15-2-3-16(22-21-15)25-7-1-6-19-25/h1-3,6-7,12H,4-5,8-11H2,(H,20,26). The Balaban J connectivity index is 1.18. The van der Waals surface area contributed by atoms with Crippen LogP contribution in [0.5, 0.6) is 0 Å². The van der Waals surface area contributed by atoms with Crippen molar-refractivity contribution in [1.82, 2.24) is 25.1 Å². The number of thioether (sulfide) groups is 1. The molecule has 0 unspecified atom stereocenters. The second-order valence-electron chi connectivity index (χ2n) is 6.88. The fraction of sp³-hybridized carbons (Fsp3) is 0.389. The van der Waals surface area contributed by atoms with Crippen LogP contribution in [0.1, 0.15) is 24.1 Å². The number of rotatable bonds is 4. The van der Waals surface area contributed by atoms with Crippen LogP contribution in [0.3, 0.4) is 0 Å². The molecule has 2 aliphatic rings. The molecule has 5 heterocycles. The van der Waals surface area contributed by atoms with E-state index in [-0.39, 0.29) is 11.8 Å². The number of anilines is 2. The van der Waals surface area contributed by atoms with Crippen LogP contribution in [0, 0.1) is 5.92 Å². The summed E-state index contributed by atoms with van der Waals surface area (Å²) >= 11 is 1.79. The average Bonchev–Trinajstić information content (AvgIpc) is 3.48. The molecule has 0 bridgehead atoms. The quantitative estimate of drug-likeness (QED) is 0.715. The number of piperidine rings is 1. The molecule has 3 aromatic rings. The summed E-state index contributed by atoms with van der Waals surface area (Å²) < 4.78 is 6.97. The summed E-state index contributed by atoms with van der Waals surface area (Å²) in [6.07, 6.45) is 5.06. The Labute approximate surface area is 165 Å². The van der Waals surface area contributed by atoms with E-state index in [0.29, 0.717) is 11.7 Å². The van der Waals surface area contributed by atoms with Gasteiger partial charge in [0.1, 0.15) is 0 Å². The van der Waals surface area contributed by atoms with Gasteiger partial charge in [-0.2, -0.15) is 16.9 Å². The van der Waals surface area contributed by atoms with Crippen LogP contribution in [0.25, 0.3) is 5.82 Å². The molecule has 0 radical (unpaired) electrons. The van der Waals surface area contributed by atoms with Crippen molar-refractivity contribution >= 4 is 29.4 Å². The molecule has 0 atom stereocenters. The van der Waals surface area contributed by atoms with Crippen LogP contribution in [0.2, 0.25) is 0 Å². The molecule has 2 aliphatic heterocycles. The number of aromatic nitrogens is 5.